The normalized spacial score (nSPS) is 16.5. The summed E-state index contributed by atoms with van der Waals surface area (Å²) in [6.07, 6.45) is 0.586. The minimum absolute atomic E-state index is 0.129. The first-order valence-corrected chi connectivity index (χ1v) is 14.6. The summed E-state index contributed by atoms with van der Waals surface area (Å²) in [6, 6.07) is 4.36. The highest BCUT2D eigenvalue weighted by Gasteiger charge is 2.39. The number of carbonyl (C=O) groups is 4. The van der Waals surface area contributed by atoms with E-state index in [1.54, 1.807) is 18.2 Å². The summed E-state index contributed by atoms with van der Waals surface area (Å²) in [7, 11) is 0. The zero-order valence-corrected chi connectivity index (χ0v) is 24.5. The first-order chi connectivity index (χ1) is 20.5. The standard InChI is InChI=1S/C28H40ClN3O10/c29-7-9-38-11-13-40-15-17-42-19-18-41-16-14-39-12-10-37-8-6-26(34)30-23-3-1-2-21-22(23)20-32(28(21)36)24-4-5-25(33)31-27(24)35/h1-3,24H,4-20H2,(H,30,34)(H,31,33,35). The first kappa shape index (κ1) is 33.8. The van der Waals surface area contributed by atoms with Gasteiger partial charge in [-0.1, -0.05) is 6.07 Å². The van der Waals surface area contributed by atoms with Crippen molar-refractivity contribution in [2.75, 3.05) is 90.5 Å². The van der Waals surface area contributed by atoms with Crippen LogP contribution in [0.4, 0.5) is 5.69 Å². The summed E-state index contributed by atoms with van der Waals surface area (Å²) < 4.78 is 32.3. The van der Waals surface area contributed by atoms with Crippen LogP contribution in [0.2, 0.25) is 0 Å². The van der Waals surface area contributed by atoms with Crippen LogP contribution in [0, 0.1) is 0 Å². The molecule has 2 aliphatic heterocycles. The van der Waals surface area contributed by atoms with E-state index in [1.807, 2.05) is 0 Å². The molecule has 0 saturated carbocycles. The molecule has 2 aliphatic rings. The molecule has 4 amide bonds. The van der Waals surface area contributed by atoms with Crippen LogP contribution in [-0.4, -0.2) is 120 Å². The molecule has 1 fully saturated rings. The highest BCUT2D eigenvalue weighted by Crippen LogP contribution is 2.32. The van der Waals surface area contributed by atoms with Crippen LogP contribution in [0.15, 0.2) is 18.2 Å². The topological polar surface area (TPSA) is 151 Å². The van der Waals surface area contributed by atoms with E-state index >= 15 is 0 Å². The first-order valence-electron chi connectivity index (χ1n) is 14.1. The third-order valence-electron chi connectivity index (χ3n) is 6.41. The number of halogens is 1. The van der Waals surface area contributed by atoms with Crippen LogP contribution < -0.4 is 10.6 Å². The van der Waals surface area contributed by atoms with Gasteiger partial charge in [0.25, 0.3) is 5.91 Å². The SMILES string of the molecule is O=C1CCC(N2Cc3c(NC(=O)CCOCCOCCOCCOCCOCCOCCCl)cccc3C2=O)C(=O)N1. The predicted molar refractivity (Wildman–Crippen MR) is 151 cm³/mol. The molecule has 42 heavy (non-hydrogen) atoms. The van der Waals surface area contributed by atoms with Crippen molar-refractivity contribution in [1.29, 1.82) is 0 Å². The number of nitrogens with one attached hydrogen (secondary N) is 2. The Bertz CT molecular complexity index is 1030. The summed E-state index contributed by atoms with van der Waals surface area (Å²) in [4.78, 5) is 50.6. The number of piperidine rings is 1. The van der Waals surface area contributed by atoms with E-state index in [2.05, 4.69) is 10.6 Å². The van der Waals surface area contributed by atoms with Gasteiger partial charge in [0.05, 0.1) is 85.7 Å². The quantitative estimate of drug-likeness (QED) is 0.111. The Kier molecular flexibility index (Phi) is 15.7. The molecule has 3 rings (SSSR count). The third-order valence-corrected chi connectivity index (χ3v) is 6.57. The molecule has 0 radical (unpaired) electrons. The zero-order valence-electron chi connectivity index (χ0n) is 23.7. The molecule has 2 heterocycles. The number of anilines is 1. The van der Waals surface area contributed by atoms with Gasteiger partial charge in [-0.15, -0.1) is 11.6 Å². The van der Waals surface area contributed by atoms with Crippen molar-refractivity contribution >= 4 is 40.9 Å². The second-order valence-corrected chi connectivity index (χ2v) is 9.77. The number of carbonyl (C=O) groups excluding carboxylic acids is 4. The lowest BCUT2D eigenvalue weighted by Gasteiger charge is -2.29. The molecule has 2 N–H and O–H groups in total. The largest absolute Gasteiger partial charge is 0.379 e. The summed E-state index contributed by atoms with van der Waals surface area (Å²) in [5.41, 5.74) is 1.61. The highest BCUT2D eigenvalue weighted by molar-refractivity contribution is 6.18. The van der Waals surface area contributed by atoms with E-state index in [4.69, 9.17) is 40.0 Å². The lowest BCUT2D eigenvalue weighted by atomic mass is 10.0. The fraction of sp³-hybridized carbons (Fsp3) is 0.643. The number of ether oxygens (including phenoxy) is 6. The number of alkyl halides is 1. The third kappa shape index (κ3) is 11.6. The predicted octanol–water partition coefficient (Wildman–Crippen LogP) is 1.11. The van der Waals surface area contributed by atoms with Gasteiger partial charge in [0, 0.05) is 35.7 Å². The van der Waals surface area contributed by atoms with Gasteiger partial charge in [0.15, 0.2) is 0 Å². The second kappa shape index (κ2) is 19.5. The Labute approximate surface area is 250 Å². The average Bonchev–Trinajstić information content (AvgIpc) is 3.31. The van der Waals surface area contributed by atoms with Crippen molar-refractivity contribution in [3.63, 3.8) is 0 Å². The van der Waals surface area contributed by atoms with Crippen LogP contribution in [0.25, 0.3) is 0 Å². The lowest BCUT2D eigenvalue weighted by Crippen LogP contribution is -2.52. The number of benzene rings is 1. The van der Waals surface area contributed by atoms with Gasteiger partial charge in [-0.05, 0) is 18.6 Å². The highest BCUT2D eigenvalue weighted by atomic mass is 35.5. The van der Waals surface area contributed by atoms with E-state index in [9.17, 15) is 19.2 Å². The van der Waals surface area contributed by atoms with Crippen molar-refractivity contribution in [1.82, 2.24) is 10.2 Å². The average molecular weight is 614 g/mol. The molecule has 0 spiro atoms. The maximum Gasteiger partial charge on any atom is 0.255 e. The van der Waals surface area contributed by atoms with Gasteiger partial charge in [0.2, 0.25) is 17.7 Å². The Hall–Kier alpha value is -2.65. The maximum absolute atomic E-state index is 12.9. The van der Waals surface area contributed by atoms with E-state index < -0.39 is 11.9 Å². The van der Waals surface area contributed by atoms with Crippen LogP contribution >= 0.6 is 11.6 Å². The molecule has 0 aliphatic carbocycles. The van der Waals surface area contributed by atoms with Gasteiger partial charge in [0.1, 0.15) is 6.04 Å². The second-order valence-electron chi connectivity index (χ2n) is 9.39. The van der Waals surface area contributed by atoms with Gasteiger partial charge in [-0.25, -0.2) is 0 Å². The van der Waals surface area contributed by atoms with E-state index in [-0.39, 0.29) is 50.1 Å². The zero-order chi connectivity index (χ0) is 30.0. The molecular formula is C28H40ClN3O10. The van der Waals surface area contributed by atoms with Crippen LogP contribution in [0.3, 0.4) is 0 Å². The Morgan fingerprint density at radius 2 is 1.38 bits per heavy atom. The van der Waals surface area contributed by atoms with Crippen LogP contribution in [-0.2, 0) is 49.3 Å². The lowest BCUT2D eigenvalue weighted by molar-refractivity contribution is -0.137. The Balaban J connectivity index is 1.18. The molecule has 13 nitrogen and oxygen atoms in total. The fourth-order valence-corrected chi connectivity index (χ4v) is 4.45. The molecule has 1 saturated heterocycles. The number of rotatable bonds is 22. The molecule has 1 unspecified atom stereocenters. The Morgan fingerprint density at radius 1 is 0.833 bits per heavy atom. The summed E-state index contributed by atoms with van der Waals surface area (Å²) in [5, 5.41) is 5.12. The number of imide groups is 1. The van der Waals surface area contributed by atoms with Crippen molar-refractivity contribution in [2.24, 2.45) is 0 Å². The minimum Gasteiger partial charge on any atom is -0.379 e. The van der Waals surface area contributed by atoms with Gasteiger partial charge >= 0.3 is 0 Å². The smallest absolute Gasteiger partial charge is 0.255 e. The molecule has 1 aromatic carbocycles. The molecule has 0 bridgehead atoms. The van der Waals surface area contributed by atoms with Crippen LogP contribution in [0.5, 0.6) is 0 Å². The van der Waals surface area contributed by atoms with Crippen molar-refractivity contribution in [3.05, 3.63) is 29.3 Å². The minimum atomic E-state index is -0.712. The summed E-state index contributed by atoms with van der Waals surface area (Å²) in [6.45, 7) is 5.43. The number of fused-ring (bicyclic) bond motifs is 1. The van der Waals surface area contributed by atoms with Crippen molar-refractivity contribution < 1.29 is 47.6 Å². The number of nitrogens with zero attached hydrogens (tertiary/aromatic N) is 1. The van der Waals surface area contributed by atoms with E-state index in [1.165, 1.54) is 4.90 Å². The number of amides is 4. The fourth-order valence-electron chi connectivity index (χ4n) is 4.34. The molecule has 1 aromatic rings. The molecule has 14 heteroatoms. The molecular weight excluding hydrogens is 574 g/mol. The van der Waals surface area contributed by atoms with Crippen molar-refractivity contribution in [2.45, 2.75) is 31.8 Å². The van der Waals surface area contributed by atoms with Crippen molar-refractivity contribution in [3.8, 4) is 0 Å². The van der Waals surface area contributed by atoms with Gasteiger partial charge in [-0.2, -0.15) is 0 Å². The van der Waals surface area contributed by atoms with Gasteiger partial charge < -0.3 is 38.6 Å². The molecule has 234 valence electrons. The van der Waals surface area contributed by atoms with E-state index in [0.717, 1.165) is 0 Å². The van der Waals surface area contributed by atoms with Gasteiger partial charge in [-0.3, -0.25) is 24.5 Å². The van der Waals surface area contributed by atoms with Crippen LogP contribution in [0.1, 0.15) is 35.2 Å². The number of hydrogen-bond acceptors (Lipinski definition) is 10. The molecule has 1 atom stereocenters. The number of hydrogen-bond donors (Lipinski definition) is 2. The molecule has 0 aromatic heterocycles. The summed E-state index contributed by atoms with van der Waals surface area (Å²) >= 11 is 5.50. The Morgan fingerprint density at radius 3 is 1.93 bits per heavy atom. The summed E-state index contributed by atoms with van der Waals surface area (Å²) in [5.74, 6) is -0.886. The monoisotopic (exact) mass is 613 g/mol. The maximum atomic E-state index is 12.9. The van der Waals surface area contributed by atoms with E-state index in [0.29, 0.717) is 95.4 Å².